The number of thiazole rings is 1. The number of aryl methyl sites for hydroxylation is 1. The second kappa shape index (κ2) is 7.85. The fraction of sp³-hybridized carbons (Fsp3) is 0.150. The lowest BCUT2D eigenvalue weighted by molar-refractivity contribution is 0.834. The third-order valence-corrected chi connectivity index (χ3v) is 4.57. The van der Waals surface area contributed by atoms with Gasteiger partial charge in [-0.2, -0.15) is 5.10 Å². The van der Waals surface area contributed by atoms with Crippen molar-refractivity contribution in [1.29, 1.82) is 0 Å². The second-order valence-corrected chi connectivity index (χ2v) is 6.47. The highest BCUT2D eigenvalue weighted by Crippen LogP contribution is 2.21. The molecule has 0 aliphatic carbocycles. The molecule has 3 rings (SSSR count). The lowest BCUT2D eigenvalue weighted by Gasteiger charge is -2.06. The third-order valence-electron chi connectivity index (χ3n) is 3.72. The Kier molecular flexibility index (Phi) is 5.36. The smallest absolute Gasteiger partial charge is 0.206 e. The molecule has 0 unspecified atom stereocenters. The number of rotatable bonds is 5. The van der Waals surface area contributed by atoms with E-state index in [9.17, 15) is 0 Å². The van der Waals surface area contributed by atoms with E-state index in [1.165, 1.54) is 5.56 Å². The first-order valence-electron chi connectivity index (χ1n) is 8.04. The van der Waals surface area contributed by atoms with Crippen molar-refractivity contribution in [3.63, 3.8) is 0 Å². The molecule has 0 N–H and O–H groups in total. The highest BCUT2D eigenvalue weighted by Gasteiger charge is 2.08. The van der Waals surface area contributed by atoms with Crippen LogP contribution >= 0.6 is 11.3 Å². The number of benzene rings is 1. The molecular formula is C20H20N4S. The van der Waals surface area contributed by atoms with Gasteiger partial charge in [0.1, 0.15) is 0 Å². The van der Waals surface area contributed by atoms with Crippen molar-refractivity contribution in [2.24, 2.45) is 10.1 Å². The van der Waals surface area contributed by atoms with Gasteiger partial charge in [-0.3, -0.25) is 9.98 Å². The van der Waals surface area contributed by atoms with E-state index in [0.29, 0.717) is 6.54 Å². The molecular weight excluding hydrogens is 328 g/mol. The lowest BCUT2D eigenvalue weighted by Crippen LogP contribution is -2.14. The summed E-state index contributed by atoms with van der Waals surface area (Å²) in [6.45, 7) is 8.38. The fourth-order valence-electron chi connectivity index (χ4n) is 2.35. The van der Waals surface area contributed by atoms with Crippen LogP contribution in [0.15, 0.2) is 76.9 Å². The van der Waals surface area contributed by atoms with Gasteiger partial charge in [0.15, 0.2) is 0 Å². The summed E-state index contributed by atoms with van der Waals surface area (Å²) in [5.41, 5.74) is 5.25. The zero-order chi connectivity index (χ0) is 17.6. The van der Waals surface area contributed by atoms with Crippen LogP contribution in [0.5, 0.6) is 0 Å². The van der Waals surface area contributed by atoms with Crippen molar-refractivity contribution in [2.75, 3.05) is 6.54 Å². The zero-order valence-corrected chi connectivity index (χ0v) is 15.2. The predicted molar refractivity (Wildman–Crippen MR) is 105 cm³/mol. The van der Waals surface area contributed by atoms with Crippen LogP contribution < -0.4 is 4.80 Å². The van der Waals surface area contributed by atoms with E-state index in [1.807, 2.05) is 29.9 Å². The van der Waals surface area contributed by atoms with Crippen molar-refractivity contribution in [1.82, 2.24) is 9.66 Å². The van der Waals surface area contributed by atoms with Crippen molar-refractivity contribution in [2.45, 2.75) is 13.8 Å². The Morgan fingerprint density at radius 3 is 2.76 bits per heavy atom. The van der Waals surface area contributed by atoms with E-state index in [1.54, 1.807) is 23.6 Å². The first-order chi connectivity index (χ1) is 12.2. The van der Waals surface area contributed by atoms with E-state index >= 15 is 0 Å². The molecule has 0 aliphatic heterocycles. The van der Waals surface area contributed by atoms with Gasteiger partial charge in [-0.1, -0.05) is 42.0 Å². The maximum atomic E-state index is 4.82. The molecule has 3 aromatic rings. The van der Waals surface area contributed by atoms with Gasteiger partial charge in [-0.15, -0.1) is 17.9 Å². The average molecular weight is 348 g/mol. The normalized spacial score (nSPS) is 12.4. The Bertz CT molecular complexity index is 947. The Labute approximate surface area is 151 Å². The van der Waals surface area contributed by atoms with Crippen LogP contribution in [0.2, 0.25) is 0 Å². The van der Waals surface area contributed by atoms with E-state index in [0.717, 1.165) is 27.3 Å². The molecule has 2 aromatic heterocycles. The summed E-state index contributed by atoms with van der Waals surface area (Å²) in [5, 5.41) is 6.91. The second-order valence-electron chi connectivity index (χ2n) is 5.64. The largest absolute Gasteiger partial charge is 0.264 e. The van der Waals surface area contributed by atoms with Gasteiger partial charge in [-0.25, -0.2) is 4.68 Å². The van der Waals surface area contributed by atoms with E-state index in [2.05, 4.69) is 53.1 Å². The highest BCUT2D eigenvalue weighted by molar-refractivity contribution is 7.07. The van der Waals surface area contributed by atoms with Gasteiger partial charge in [0, 0.05) is 28.9 Å². The maximum Gasteiger partial charge on any atom is 0.206 e. The first-order valence-corrected chi connectivity index (χ1v) is 8.92. The summed E-state index contributed by atoms with van der Waals surface area (Å²) in [6.07, 6.45) is 5.36. The molecule has 0 bridgehead atoms. The maximum absolute atomic E-state index is 4.82. The molecule has 0 radical (unpaired) electrons. The zero-order valence-electron chi connectivity index (χ0n) is 14.4. The summed E-state index contributed by atoms with van der Waals surface area (Å²) in [5.74, 6) is 0. The predicted octanol–water partition coefficient (Wildman–Crippen LogP) is 4.28. The Morgan fingerprint density at radius 2 is 2.08 bits per heavy atom. The highest BCUT2D eigenvalue weighted by atomic mass is 32.1. The van der Waals surface area contributed by atoms with Crippen molar-refractivity contribution >= 4 is 17.0 Å². The van der Waals surface area contributed by atoms with E-state index in [4.69, 9.17) is 5.10 Å². The van der Waals surface area contributed by atoms with Crippen LogP contribution in [0.1, 0.15) is 18.1 Å². The Hall–Kier alpha value is -2.79. The van der Waals surface area contributed by atoms with Crippen LogP contribution in [-0.2, 0) is 0 Å². The van der Waals surface area contributed by atoms with Gasteiger partial charge in [0.25, 0.3) is 0 Å². The number of hydrogen-bond donors (Lipinski definition) is 0. The molecule has 25 heavy (non-hydrogen) atoms. The van der Waals surface area contributed by atoms with Crippen molar-refractivity contribution in [3.05, 3.63) is 82.8 Å². The number of aromatic nitrogens is 2. The number of hydrogen-bond acceptors (Lipinski definition) is 4. The van der Waals surface area contributed by atoms with Crippen LogP contribution in [-0.4, -0.2) is 21.9 Å². The quantitative estimate of drug-likeness (QED) is 0.501. The molecule has 0 saturated carbocycles. The molecule has 0 amide bonds. The third kappa shape index (κ3) is 4.00. The summed E-state index contributed by atoms with van der Waals surface area (Å²) in [7, 11) is 0. The molecule has 0 saturated heterocycles. The van der Waals surface area contributed by atoms with E-state index in [-0.39, 0.29) is 0 Å². The molecule has 1 aromatic carbocycles. The van der Waals surface area contributed by atoms with Crippen LogP contribution in [0, 0.1) is 6.92 Å². The van der Waals surface area contributed by atoms with Crippen molar-refractivity contribution in [3.8, 4) is 11.3 Å². The molecule has 4 nitrogen and oxygen atoms in total. The average Bonchev–Trinajstić information content (AvgIpc) is 3.04. The van der Waals surface area contributed by atoms with Crippen LogP contribution in [0.4, 0.5) is 0 Å². The van der Waals surface area contributed by atoms with Crippen LogP contribution in [0.3, 0.4) is 0 Å². The summed E-state index contributed by atoms with van der Waals surface area (Å²) < 4.78 is 1.90. The van der Waals surface area contributed by atoms with Gasteiger partial charge < -0.3 is 0 Å². The van der Waals surface area contributed by atoms with Gasteiger partial charge in [-0.05, 0) is 19.9 Å². The Balaban J connectivity index is 2.13. The SMILES string of the molecule is C=CCN=c1scc(-c2ccc(C)cc2)n1/N=C(/C)c1cccnc1. The van der Waals surface area contributed by atoms with Crippen LogP contribution in [0.25, 0.3) is 11.3 Å². The summed E-state index contributed by atoms with van der Waals surface area (Å²) in [6, 6.07) is 12.4. The van der Waals surface area contributed by atoms with Gasteiger partial charge >= 0.3 is 0 Å². The molecule has 0 fully saturated rings. The molecule has 0 aliphatic rings. The van der Waals surface area contributed by atoms with Gasteiger partial charge in [0.05, 0.1) is 18.0 Å². The van der Waals surface area contributed by atoms with Crippen molar-refractivity contribution < 1.29 is 0 Å². The van der Waals surface area contributed by atoms with Gasteiger partial charge in [0.2, 0.25) is 4.80 Å². The Morgan fingerprint density at radius 1 is 1.28 bits per heavy atom. The number of pyridine rings is 1. The molecule has 2 heterocycles. The van der Waals surface area contributed by atoms with E-state index < -0.39 is 0 Å². The minimum absolute atomic E-state index is 0.565. The number of nitrogens with zero attached hydrogens (tertiary/aromatic N) is 4. The molecule has 0 atom stereocenters. The topological polar surface area (TPSA) is 42.5 Å². The lowest BCUT2D eigenvalue weighted by atomic mass is 10.1. The molecule has 0 spiro atoms. The summed E-state index contributed by atoms with van der Waals surface area (Å²) in [4.78, 5) is 9.60. The minimum atomic E-state index is 0.565. The first kappa shape index (κ1) is 17.0. The standard InChI is InChI=1S/C20H20N4S/c1-4-11-22-20-24(23-16(3)18-6-5-12-21-13-18)19(14-25-20)17-9-7-15(2)8-10-17/h4-10,12-14H,1,11H2,2-3H3/b22-20?,23-16-. The molecule has 126 valence electrons. The molecule has 5 heteroatoms. The minimum Gasteiger partial charge on any atom is -0.264 e. The monoisotopic (exact) mass is 348 g/mol. The summed E-state index contributed by atoms with van der Waals surface area (Å²) >= 11 is 1.58. The fourth-order valence-corrected chi connectivity index (χ4v) is 3.20.